The number of carbonyl (C=O) groups excluding carboxylic acids is 3. The van der Waals surface area contributed by atoms with Gasteiger partial charge in [-0.15, -0.1) is 5.10 Å². The van der Waals surface area contributed by atoms with Crippen LogP contribution in [0.15, 0.2) is 91.4 Å². The Hall–Kier alpha value is -6.46. The van der Waals surface area contributed by atoms with Gasteiger partial charge in [-0.3, -0.25) is 28.9 Å². The number of para-hydroxylation sites is 1. The predicted octanol–water partition coefficient (Wildman–Crippen LogP) is 4.22. The molecular formula is C47H57N13O4. The topological polar surface area (TPSA) is 195 Å². The van der Waals surface area contributed by atoms with Gasteiger partial charge in [0.15, 0.2) is 5.65 Å². The van der Waals surface area contributed by atoms with Crippen molar-refractivity contribution >= 4 is 34.6 Å². The number of hydrogen-bond acceptors (Lipinski definition) is 12. The number of allylic oxidation sites excluding steroid dienone is 2. The molecule has 4 atom stereocenters. The van der Waals surface area contributed by atoms with Gasteiger partial charge >= 0.3 is 0 Å². The van der Waals surface area contributed by atoms with Gasteiger partial charge in [0.2, 0.25) is 17.7 Å². The van der Waals surface area contributed by atoms with E-state index in [0.717, 1.165) is 75.4 Å². The number of hydrogen-bond donors (Lipinski definition) is 3. The molecule has 9 rings (SSSR count). The molecule has 17 heteroatoms. The molecule has 0 spiro atoms. The summed E-state index contributed by atoms with van der Waals surface area (Å²) in [5.74, 6) is 2.96. The molecule has 5 heterocycles. The van der Waals surface area contributed by atoms with Crippen molar-refractivity contribution in [1.82, 2.24) is 60.1 Å². The van der Waals surface area contributed by atoms with E-state index >= 15 is 0 Å². The third-order valence-electron chi connectivity index (χ3n) is 13.0. The quantitative estimate of drug-likeness (QED) is 0.0892. The lowest BCUT2D eigenvalue weighted by molar-refractivity contribution is -0.128. The fourth-order valence-corrected chi connectivity index (χ4v) is 9.48. The normalized spacial score (nSPS) is 21.2. The number of aryl methyl sites for hydroxylation is 1. The van der Waals surface area contributed by atoms with Gasteiger partial charge in [-0.1, -0.05) is 41.6 Å². The van der Waals surface area contributed by atoms with Crippen molar-refractivity contribution in [2.75, 3.05) is 64.6 Å². The summed E-state index contributed by atoms with van der Waals surface area (Å²) < 4.78 is 9.65. The number of carbonyl (C=O) groups is 3. The standard InChI is InChI=1S/C47H57N13O4/c48-45-43-44(34-14-16-39(17-15-34)64-38-8-2-1-3-9-38)54-60(46(43)52-32-51-45)37-7-4-20-58(31-37)42(62)11-6-19-56-23-25-57(26-24-56)22-18-49-41(61)10-5-21-59-30-36(53-55-59)29-50-47(63)40-28-33-12-13-35(40)27-33/h1-3,6,8-9,11-17,30,32-33,35,37,40H,4-5,7,10,18-29,31H2,(H,49,61)(H,50,63)(H2,48,51,52)/b11-6+/t33?,35?,37-,40?/m1/s1. The van der Waals surface area contributed by atoms with Gasteiger partial charge in [-0.25, -0.2) is 14.6 Å². The molecule has 1 saturated carbocycles. The highest BCUT2D eigenvalue weighted by atomic mass is 16.5. The first-order valence-corrected chi connectivity index (χ1v) is 22.7. The molecule has 3 aromatic heterocycles. The molecule has 5 aromatic rings. The van der Waals surface area contributed by atoms with Crippen LogP contribution in [0.1, 0.15) is 50.3 Å². The maximum atomic E-state index is 13.5. The van der Waals surface area contributed by atoms with Crippen molar-refractivity contribution in [3.05, 3.63) is 97.1 Å². The van der Waals surface area contributed by atoms with Crippen LogP contribution in [0.3, 0.4) is 0 Å². The zero-order chi connectivity index (χ0) is 43.8. The van der Waals surface area contributed by atoms with Gasteiger partial charge in [-0.05, 0) is 80.3 Å². The molecule has 64 heavy (non-hydrogen) atoms. The lowest BCUT2D eigenvalue weighted by Crippen LogP contribution is -2.48. The molecule has 2 aromatic carbocycles. The molecule has 2 saturated heterocycles. The number of nitrogens with one attached hydrogen (secondary N) is 2. The first kappa shape index (κ1) is 42.8. The number of nitrogens with two attached hydrogens (primary N) is 1. The number of rotatable bonds is 17. The van der Waals surface area contributed by atoms with Crippen molar-refractivity contribution < 1.29 is 19.1 Å². The molecule has 17 nitrogen and oxygen atoms in total. The SMILES string of the molecule is Nc1ncnc2c1c(-c1ccc(Oc3ccccc3)cc1)nn2[C@@H]1CCCN(C(=O)/C=C/CN2CCN(CCNC(=O)CCCn3cc(CNC(=O)C4CC5C=CC4C5)nn3)CC2)C1. The van der Waals surface area contributed by atoms with Crippen LogP contribution in [-0.2, 0) is 27.5 Å². The zero-order valence-electron chi connectivity index (χ0n) is 36.2. The van der Waals surface area contributed by atoms with Crippen molar-refractivity contribution in [2.24, 2.45) is 17.8 Å². The van der Waals surface area contributed by atoms with Crippen LogP contribution in [-0.4, -0.2) is 126 Å². The average Bonchev–Trinajstić information content (AvgIpc) is 4.15. The van der Waals surface area contributed by atoms with Gasteiger partial charge in [-0.2, -0.15) is 5.10 Å². The third kappa shape index (κ3) is 10.3. The summed E-state index contributed by atoms with van der Waals surface area (Å²) in [5, 5.41) is 20.2. The predicted molar refractivity (Wildman–Crippen MR) is 242 cm³/mol. The van der Waals surface area contributed by atoms with Crippen LogP contribution in [0.2, 0.25) is 0 Å². The summed E-state index contributed by atoms with van der Waals surface area (Å²) in [6, 6.07) is 17.3. The molecule has 3 fully saturated rings. The first-order valence-electron chi connectivity index (χ1n) is 22.7. The molecule has 4 aliphatic rings. The summed E-state index contributed by atoms with van der Waals surface area (Å²) in [4.78, 5) is 54.1. The number of amides is 3. The summed E-state index contributed by atoms with van der Waals surface area (Å²) in [6.45, 7) is 7.85. The third-order valence-corrected chi connectivity index (χ3v) is 13.0. The van der Waals surface area contributed by atoms with Gasteiger partial charge < -0.3 is 26.0 Å². The molecule has 0 radical (unpaired) electrons. The van der Waals surface area contributed by atoms with Gasteiger partial charge in [0.25, 0.3) is 0 Å². The van der Waals surface area contributed by atoms with Crippen LogP contribution in [0, 0.1) is 17.8 Å². The molecule has 2 aliphatic carbocycles. The summed E-state index contributed by atoms with van der Waals surface area (Å²) >= 11 is 0. The molecule has 2 bridgehead atoms. The Morgan fingerprint density at radius 1 is 0.891 bits per heavy atom. The number of benzene rings is 2. The summed E-state index contributed by atoms with van der Waals surface area (Å²) in [5.41, 5.74) is 9.36. The van der Waals surface area contributed by atoms with E-state index in [1.165, 1.54) is 6.33 Å². The molecule has 4 N–H and O–H groups in total. The Morgan fingerprint density at radius 2 is 1.70 bits per heavy atom. The maximum absolute atomic E-state index is 13.5. The van der Waals surface area contributed by atoms with E-state index in [0.29, 0.717) is 92.2 Å². The van der Waals surface area contributed by atoms with E-state index in [9.17, 15) is 14.4 Å². The Bertz CT molecular complexity index is 2460. The van der Waals surface area contributed by atoms with Gasteiger partial charge in [0.05, 0.1) is 24.2 Å². The van der Waals surface area contributed by atoms with Crippen molar-refractivity contribution in [3.8, 4) is 22.8 Å². The van der Waals surface area contributed by atoms with Crippen molar-refractivity contribution in [3.63, 3.8) is 0 Å². The molecule has 334 valence electrons. The van der Waals surface area contributed by atoms with E-state index in [1.807, 2.05) is 76.5 Å². The van der Waals surface area contributed by atoms with Gasteiger partial charge in [0.1, 0.15) is 35.0 Å². The van der Waals surface area contributed by atoms with E-state index in [-0.39, 0.29) is 29.7 Å². The zero-order valence-corrected chi connectivity index (χ0v) is 36.2. The Morgan fingerprint density at radius 3 is 2.50 bits per heavy atom. The van der Waals surface area contributed by atoms with Crippen LogP contribution >= 0.6 is 0 Å². The maximum Gasteiger partial charge on any atom is 0.246 e. The Labute approximate surface area is 372 Å². The number of anilines is 1. The van der Waals surface area contributed by atoms with Crippen molar-refractivity contribution in [1.29, 1.82) is 0 Å². The number of piperidine rings is 1. The highest BCUT2D eigenvalue weighted by molar-refractivity contribution is 5.98. The number of aromatic nitrogens is 7. The van der Waals surface area contributed by atoms with Gasteiger partial charge in [0, 0.05) is 89.4 Å². The van der Waals surface area contributed by atoms with E-state index in [1.54, 1.807) is 10.8 Å². The van der Waals surface area contributed by atoms with Crippen molar-refractivity contribution in [2.45, 2.75) is 57.7 Å². The van der Waals surface area contributed by atoms with Crippen LogP contribution in [0.25, 0.3) is 22.3 Å². The fourth-order valence-electron chi connectivity index (χ4n) is 9.48. The first-order chi connectivity index (χ1) is 31.3. The van der Waals surface area contributed by atoms with E-state index in [2.05, 4.69) is 52.9 Å². The highest BCUT2D eigenvalue weighted by Crippen LogP contribution is 2.43. The highest BCUT2D eigenvalue weighted by Gasteiger charge is 2.39. The van der Waals surface area contributed by atoms with Crippen LogP contribution in [0.5, 0.6) is 11.5 Å². The fraction of sp³-hybridized carbons (Fsp3) is 0.447. The molecule has 2 aliphatic heterocycles. The number of likely N-dealkylation sites (tertiary alicyclic amines) is 1. The monoisotopic (exact) mass is 867 g/mol. The second-order valence-electron chi connectivity index (χ2n) is 17.3. The number of nitrogens with zero attached hydrogens (tertiary/aromatic N) is 10. The number of fused-ring (bicyclic) bond motifs is 3. The smallest absolute Gasteiger partial charge is 0.246 e. The minimum atomic E-state index is -0.0648. The molecule has 3 unspecified atom stereocenters. The summed E-state index contributed by atoms with van der Waals surface area (Å²) in [6.07, 6.45) is 16.2. The molecular weight excluding hydrogens is 811 g/mol. The minimum Gasteiger partial charge on any atom is -0.457 e. The lowest BCUT2D eigenvalue weighted by Gasteiger charge is -2.34. The average molecular weight is 868 g/mol. The summed E-state index contributed by atoms with van der Waals surface area (Å²) in [7, 11) is 0. The van der Waals surface area contributed by atoms with Crippen LogP contribution in [0.4, 0.5) is 5.82 Å². The van der Waals surface area contributed by atoms with Crippen LogP contribution < -0.4 is 21.1 Å². The number of ether oxygens (including phenoxy) is 1. The largest absolute Gasteiger partial charge is 0.457 e. The second-order valence-corrected chi connectivity index (χ2v) is 17.3. The molecule has 3 amide bonds. The number of piperazine rings is 1. The Balaban J connectivity index is 0.671. The Kier molecular flexibility index (Phi) is 13.3. The van der Waals surface area contributed by atoms with E-state index < -0.39 is 0 Å². The van der Waals surface area contributed by atoms with E-state index in [4.69, 9.17) is 15.6 Å². The minimum absolute atomic E-state index is 0.00541. The lowest BCUT2D eigenvalue weighted by atomic mass is 9.93. The second kappa shape index (κ2) is 19.9. The number of nitrogen functional groups attached to an aromatic ring is 1.